The number of urea groups is 1. The molecule has 130 valence electrons. The average Bonchev–Trinajstić information content (AvgIpc) is 3.09. The Labute approximate surface area is 147 Å². The molecule has 0 unspecified atom stereocenters. The van der Waals surface area contributed by atoms with Crippen molar-refractivity contribution in [3.8, 4) is 0 Å². The van der Waals surface area contributed by atoms with Crippen molar-refractivity contribution >= 4 is 17.5 Å². The lowest BCUT2D eigenvalue weighted by atomic mass is 9.95. The van der Waals surface area contributed by atoms with Crippen molar-refractivity contribution in [2.24, 2.45) is 5.92 Å². The summed E-state index contributed by atoms with van der Waals surface area (Å²) in [5.74, 6) is 0.217. The van der Waals surface area contributed by atoms with Gasteiger partial charge in [-0.3, -0.25) is 4.79 Å². The zero-order valence-corrected chi connectivity index (χ0v) is 14.2. The molecule has 5 nitrogen and oxygen atoms in total. The Balaban J connectivity index is 1.55. The van der Waals surface area contributed by atoms with Crippen molar-refractivity contribution in [2.45, 2.75) is 19.4 Å². The molecule has 0 bridgehead atoms. The third-order valence-corrected chi connectivity index (χ3v) is 4.39. The molecule has 0 spiro atoms. The zero-order chi connectivity index (χ0) is 17.6. The molecule has 5 heteroatoms. The molecule has 2 N–H and O–H groups in total. The third kappa shape index (κ3) is 4.45. The van der Waals surface area contributed by atoms with E-state index in [0.717, 1.165) is 12.0 Å². The SMILES string of the molecule is CC(=O)c1cccc(NC(=O)NC[C@H]2CCO[C@@H]2c2ccccc2)c1. The van der Waals surface area contributed by atoms with Gasteiger partial charge in [-0.1, -0.05) is 42.5 Å². The minimum absolute atomic E-state index is 0.0162. The van der Waals surface area contributed by atoms with Crippen LogP contribution in [0.5, 0.6) is 0 Å². The standard InChI is InChI=1S/C20H22N2O3/c1-14(23)16-8-5-9-18(12-16)22-20(24)21-13-17-10-11-25-19(17)15-6-3-2-4-7-15/h2-9,12,17,19H,10-11,13H2,1H3,(H2,21,22,24)/t17-,19-/m1/s1. The maximum atomic E-state index is 12.1. The van der Waals surface area contributed by atoms with Gasteiger partial charge in [-0.2, -0.15) is 0 Å². The van der Waals surface area contributed by atoms with Gasteiger partial charge >= 0.3 is 6.03 Å². The molecule has 2 aromatic rings. The summed E-state index contributed by atoms with van der Waals surface area (Å²) in [6.07, 6.45) is 0.933. The Morgan fingerprint density at radius 3 is 2.68 bits per heavy atom. The van der Waals surface area contributed by atoms with E-state index in [-0.39, 0.29) is 23.8 Å². The highest BCUT2D eigenvalue weighted by atomic mass is 16.5. The minimum Gasteiger partial charge on any atom is -0.373 e. The number of benzene rings is 2. The predicted molar refractivity (Wildman–Crippen MR) is 96.7 cm³/mol. The molecule has 25 heavy (non-hydrogen) atoms. The van der Waals surface area contributed by atoms with Gasteiger partial charge in [-0.15, -0.1) is 0 Å². The Kier molecular flexibility index (Phi) is 5.46. The number of nitrogens with one attached hydrogen (secondary N) is 2. The second kappa shape index (κ2) is 7.94. The van der Waals surface area contributed by atoms with Crippen LogP contribution >= 0.6 is 0 Å². The fraction of sp³-hybridized carbons (Fsp3) is 0.300. The number of amides is 2. The molecule has 3 rings (SSSR count). The van der Waals surface area contributed by atoms with E-state index in [9.17, 15) is 9.59 Å². The molecular weight excluding hydrogens is 316 g/mol. The van der Waals surface area contributed by atoms with Crippen molar-refractivity contribution in [1.29, 1.82) is 0 Å². The first kappa shape index (κ1) is 17.2. The fourth-order valence-electron chi connectivity index (χ4n) is 3.07. The summed E-state index contributed by atoms with van der Waals surface area (Å²) in [7, 11) is 0. The molecule has 0 radical (unpaired) electrons. The summed E-state index contributed by atoms with van der Waals surface area (Å²) in [5, 5.41) is 5.68. The lowest BCUT2D eigenvalue weighted by molar-refractivity contribution is 0.0911. The van der Waals surface area contributed by atoms with Crippen molar-refractivity contribution in [3.05, 3.63) is 65.7 Å². The second-order valence-corrected chi connectivity index (χ2v) is 6.22. The first-order valence-electron chi connectivity index (χ1n) is 8.46. The predicted octanol–water partition coefficient (Wildman–Crippen LogP) is 3.79. The van der Waals surface area contributed by atoms with Gasteiger partial charge < -0.3 is 15.4 Å². The van der Waals surface area contributed by atoms with Crippen molar-refractivity contribution in [2.75, 3.05) is 18.5 Å². The van der Waals surface area contributed by atoms with Crippen LogP contribution in [-0.4, -0.2) is 25.0 Å². The van der Waals surface area contributed by atoms with E-state index in [4.69, 9.17) is 4.74 Å². The first-order chi connectivity index (χ1) is 12.1. The molecule has 2 aromatic carbocycles. The lowest BCUT2D eigenvalue weighted by Gasteiger charge is -2.19. The van der Waals surface area contributed by atoms with E-state index >= 15 is 0 Å². The Morgan fingerprint density at radius 2 is 1.92 bits per heavy atom. The number of hydrogen-bond donors (Lipinski definition) is 2. The summed E-state index contributed by atoms with van der Waals surface area (Å²) in [5.41, 5.74) is 2.32. The maximum absolute atomic E-state index is 12.1. The average molecular weight is 338 g/mol. The number of ether oxygens (including phenoxy) is 1. The van der Waals surface area contributed by atoms with Gasteiger partial charge in [0, 0.05) is 30.3 Å². The molecule has 0 aliphatic carbocycles. The quantitative estimate of drug-likeness (QED) is 0.815. The molecule has 0 saturated carbocycles. The molecule has 0 aromatic heterocycles. The van der Waals surface area contributed by atoms with Crippen molar-refractivity contribution in [3.63, 3.8) is 0 Å². The highest BCUT2D eigenvalue weighted by Crippen LogP contribution is 2.33. The van der Waals surface area contributed by atoms with Gasteiger partial charge in [0.2, 0.25) is 0 Å². The van der Waals surface area contributed by atoms with Gasteiger partial charge in [0.05, 0.1) is 6.10 Å². The number of ketones is 1. The van der Waals surface area contributed by atoms with E-state index in [0.29, 0.717) is 24.4 Å². The second-order valence-electron chi connectivity index (χ2n) is 6.22. The van der Waals surface area contributed by atoms with Crippen LogP contribution in [0, 0.1) is 5.92 Å². The smallest absolute Gasteiger partial charge is 0.319 e. The van der Waals surface area contributed by atoms with E-state index in [1.54, 1.807) is 24.3 Å². The Morgan fingerprint density at radius 1 is 1.12 bits per heavy atom. The Bertz CT molecular complexity index is 746. The number of anilines is 1. The molecule has 1 saturated heterocycles. The maximum Gasteiger partial charge on any atom is 0.319 e. The van der Waals surface area contributed by atoms with Crippen LogP contribution in [0.3, 0.4) is 0 Å². The molecule has 1 heterocycles. The number of rotatable bonds is 5. The van der Waals surface area contributed by atoms with Crippen LogP contribution in [0.15, 0.2) is 54.6 Å². The van der Waals surface area contributed by atoms with E-state index < -0.39 is 0 Å². The first-order valence-corrected chi connectivity index (χ1v) is 8.46. The van der Waals surface area contributed by atoms with Gasteiger partial charge in [0.25, 0.3) is 0 Å². The largest absolute Gasteiger partial charge is 0.373 e. The van der Waals surface area contributed by atoms with Gasteiger partial charge in [-0.05, 0) is 31.0 Å². The normalized spacial score (nSPS) is 19.4. The highest BCUT2D eigenvalue weighted by molar-refractivity contribution is 5.96. The van der Waals surface area contributed by atoms with Gasteiger partial charge in [-0.25, -0.2) is 4.79 Å². The number of carbonyl (C=O) groups excluding carboxylic acids is 2. The third-order valence-electron chi connectivity index (χ3n) is 4.39. The summed E-state index contributed by atoms with van der Waals surface area (Å²) >= 11 is 0. The van der Waals surface area contributed by atoms with Crippen molar-refractivity contribution < 1.29 is 14.3 Å². The van der Waals surface area contributed by atoms with Crippen molar-refractivity contribution in [1.82, 2.24) is 5.32 Å². The topological polar surface area (TPSA) is 67.4 Å². The summed E-state index contributed by atoms with van der Waals surface area (Å²) in [6, 6.07) is 16.7. The monoisotopic (exact) mass is 338 g/mol. The van der Waals surface area contributed by atoms with Crippen LogP contribution < -0.4 is 10.6 Å². The minimum atomic E-state index is -0.278. The highest BCUT2D eigenvalue weighted by Gasteiger charge is 2.29. The molecule has 1 fully saturated rings. The molecular formula is C20H22N2O3. The van der Waals surface area contributed by atoms with Crippen LogP contribution in [0.25, 0.3) is 0 Å². The summed E-state index contributed by atoms with van der Waals surface area (Å²) < 4.78 is 5.84. The van der Waals surface area contributed by atoms with Gasteiger partial charge in [0.15, 0.2) is 5.78 Å². The summed E-state index contributed by atoms with van der Waals surface area (Å²) in [6.45, 7) is 2.75. The van der Waals surface area contributed by atoms with Crippen LogP contribution in [-0.2, 0) is 4.74 Å². The molecule has 1 aliphatic heterocycles. The fourth-order valence-corrected chi connectivity index (χ4v) is 3.07. The van der Waals surface area contributed by atoms with Gasteiger partial charge in [0.1, 0.15) is 0 Å². The van der Waals surface area contributed by atoms with Crippen LogP contribution in [0.4, 0.5) is 10.5 Å². The van der Waals surface area contributed by atoms with E-state index in [2.05, 4.69) is 22.8 Å². The van der Waals surface area contributed by atoms with Crippen LogP contribution in [0.2, 0.25) is 0 Å². The molecule has 2 atom stereocenters. The molecule has 1 aliphatic rings. The lowest BCUT2D eigenvalue weighted by Crippen LogP contribution is -2.34. The van der Waals surface area contributed by atoms with E-state index in [1.165, 1.54) is 6.92 Å². The van der Waals surface area contributed by atoms with E-state index in [1.807, 2.05) is 18.2 Å². The molecule has 2 amide bonds. The Hall–Kier alpha value is -2.66. The zero-order valence-electron chi connectivity index (χ0n) is 14.2. The number of Topliss-reactive ketones (excluding diaryl/α,β-unsaturated/α-hetero) is 1. The summed E-state index contributed by atoms with van der Waals surface area (Å²) in [4.78, 5) is 23.6. The van der Waals surface area contributed by atoms with Crippen LogP contribution in [0.1, 0.15) is 35.4 Å². The number of carbonyl (C=O) groups is 2. The number of hydrogen-bond acceptors (Lipinski definition) is 3.